The van der Waals surface area contributed by atoms with Crippen molar-refractivity contribution in [1.82, 2.24) is 4.98 Å². The molecule has 4 aromatic rings. The predicted molar refractivity (Wildman–Crippen MR) is 135 cm³/mol. The first kappa shape index (κ1) is 21.7. The summed E-state index contributed by atoms with van der Waals surface area (Å²) in [6, 6.07) is 13.1. The van der Waals surface area contributed by atoms with Gasteiger partial charge in [-0.05, 0) is 85.7 Å². The average Bonchev–Trinajstić information content (AvgIpc) is 3.62. The number of nitrogens with one attached hydrogen (secondary N) is 2. The molecule has 3 aromatic heterocycles. The van der Waals surface area contributed by atoms with Crippen molar-refractivity contribution < 1.29 is 18.7 Å². The second-order valence-electron chi connectivity index (χ2n) is 8.79. The quantitative estimate of drug-likeness (QED) is 0.342. The fourth-order valence-electron chi connectivity index (χ4n) is 4.74. The van der Waals surface area contributed by atoms with Gasteiger partial charge in [0.1, 0.15) is 10.8 Å². The van der Waals surface area contributed by atoms with Gasteiger partial charge in [0.25, 0.3) is 5.91 Å². The summed E-state index contributed by atoms with van der Waals surface area (Å²) in [6.45, 7) is 2.26. The highest BCUT2D eigenvalue weighted by atomic mass is 32.1. The molecule has 178 valence electrons. The Hall–Kier alpha value is -3.78. The number of carbonyl (C=O) groups excluding carboxylic acids is 1. The monoisotopic (exact) mass is 487 g/mol. The van der Waals surface area contributed by atoms with Crippen molar-refractivity contribution in [1.29, 1.82) is 0 Å². The smallest absolute Gasteiger partial charge is 0.291 e. The third kappa shape index (κ3) is 4.25. The Morgan fingerprint density at radius 2 is 1.97 bits per heavy atom. The summed E-state index contributed by atoms with van der Waals surface area (Å²) >= 11 is 1.66. The molecular formula is C27H25N3O4S. The zero-order chi connectivity index (χ0) is 23.8. The van der Waals surface area contributed by atoms with Crippen LogP contribution < -0.4 is 20.1 Å². The fourth-order valence-corrected chi connectivity index (χ4v) is 6.06. The first-order valence-corrected chi connectivity index (χ1v) is 12.6. The van der Waals surface area contributed by atoms with E-state index in [0.717, 1.165) is 64.7 Å². The van der Waals surface area contributed by atoms with Gasteiger partial charge in [0, 0.05) is 16.6 Å². The molecule has 1 aromatic carbocycles. The van der Waals surface area contributed by atoms with E-state index in [4.69, 9.17) is 13.9 Å². The Balaban J connectivity index is 1.47. The second-order valence-corrected chi connectivity index (χ2v) is 9.90. The molecule has 2 N–H and O–H groups in total. The largest absolute Gasteiger partial charge is 0.459 e. The normalized spacial score (nSPS) is 14.9. The van der Waals surface area contributed by atoms with E-state index in [1.54, 1.807) is 29.7 Å². The molecule has 7 nitrogen and oxygen atoms in total. The Kier molecular flexibility index (Phi) is 5.66. The van der Waals surface area contributed by atoms with Gasteiger partial charge in [0.2, 0.25) is 6.79 Å². The number of rotatable bonds is 6. The van der Waals surface area contributed by atoms with Gasteiger partial charge >= 0.3 is 0 Å². The van der Waals surface area contributed by atoms with Crippen LogP contribution in [0.25, 0.3) is 0 Å². The lowest BCUT2D eigenvalue weighted by Gasteiger charge is -2.24. The van der Waals surface area contributed by atoms with Crippen LogP contribution in [-0.2, 0) is 12.8 Å². The van der Waals surface area contributed by atoms with E-state index in [1.807, 2.05) is 37.3 Å². The number of fused-ring (bicyclic) bond motifs is 2. The molecule has 0 saturated heterocycles. The molecule has 2 aliphatic rings. The van der Waals surface area contributed by atoms with E-state index in [0.29, 0.717) is 0 Å². The number of anilines is 2. The van der Waals surface area contributed by atoms with Crippen LogP contribution in [0.2, 0.25) is 0 Å². The number of thiophene rings is 1. The highest BCUT2D eigenvalue weighted by Gasteiger charge is 2.30. The molecule has 1 aliphatic heterocycles. The van der Waals surface area contributed by atoms with Gasteiger partial charge in [-0.15, -0.1) is 11.3 Å². The molecule has 0 saturated carbocycles. The van der Waals surface area contributed by atoms with Crippen LogP contribution in [0.4, 0.5) is 10.8 Å². The molecule has 4 heterocycles. The third-order valence-corrected chi connectivity index (χ3v) is 7.63. The molecule has 0 unspecified atom stereocenters. The number of hydrogen-bond donors (Lipinski definition) is 2. The van der Waals surface area contributed by atoms with Crippen LogP contribution in [-0.4, -0.2) is 17.7 Å². The molecule has 0 bridgehead atoms. The van der Waals surface area contributed by atoms with Gasteiger partial charge in [-0.1, -0.05) is 6.07 Å². The lowest BCUT2D eigenvalue weighted by molar-refractivity contribution is 0.0997. The molecule has 1 atom stereocenters. The molecule has 1 aliphatic carbocycles. The van der Waals surface area contributed by atoms with Crippen molar-refractivity contribution >= 4 is 28.1 Å². The van der Waals surface area contributed by atoms with Crippen molar-refractivity contribution in [2.45, 2.75) is 38.6 Å². The summed E-state index contributed by atoms with van der Waals surface area (Å²) in [5.74, 6) is 2.26. The standard InChI is InChI=1S/C27H25N3O4S/c1-16-10-11-28-23(13-16)29-25(17-8-9-19-21(14-17)34-15-33-19)24-18-5-2-3-7-22(18)35-27(24)30-26(31)20-6-4-12-32-20/h4,6,8-14,25H,2-3,5,7,15H2,1H3,(H,28,29)(H,30,31)/t25-/m1/s1. The van der Waals surface area contributed by atoms with Crippen molar-refractivity contribution in [3.8, 4) is 11.5 Å². The van der Waals surface area contributed by atoms with E-state index in [2.05, 4.69) is 15.6 Å². The van der Waals surface area contributed by atoms with Crippen molar-refractivity contribution in [2.75, 3.05) is 17.4 Å². The minimum atomic E-state index is -0.257. The Labute approximate surface area is 207 Å². The molecule has 0 fully saturated rings. The van der Waals surface area contributed by atoms with Gasteiger partial charge in [-0.3, -0.25) is 4.79 Å². The average molecular weight is 488 g/mol. The number of pyridine rings is 1. The topological polar surface area (TPSA) is 85.6 Å². The fraction of sp³-hybridized carbons (Fsp3) is 0.259. The van der Waals surface area contributed by atoms with E-state index in [-0.39, 0.29) is 24.5 Å². The van der Waals surface area contributed by atoms with Crippen LogP contribution in [0.15, 0.2) is 59.3 Å². The van der Waals surface area contributed by atoms with E-state index >= 15 is 0 Å². The predicted octanol–water partition coefficient (Wildman–Crippen LogP) is 6.11. The number of nitrogens with zero attached hydrogens (tertiary/aromatic N) is 1. The number of hydrogen-bond acceptors (Lipinski definition) is 7. The first-order valence-electron chi connectivity index (χ1n) is 11.7. The molecule has 6 rings (SSSR count). The zero-order valence-corrected chi connectivity index (χ0v) is 20.1. The van der Waals surface area contributed by atoms with Gasteiger partial charge in [-0.25, -0.2) is 4.98 Å². The van der Waals surface area contributed by atoms with Crippen LogP contribution in [0.5, 0.6) is 11.5 Å². The van der Waals surface area contributed by atoms with Gasteiger partial charge in [0.05, 0.1) is 12.3 Å². The summed E-state index contributed by atoms with van der Waals surface area (Å²) in [5, 5.41) is 7.63. The Morgan fingerprint density at radius 3 is 2.83 bits per heavy atom. The van der Waals surface area contributed by atoms with Crippen LogP contribution in [0, 0.1) is 6.92 Å². The highest BCUT2D eigenvalue weighted by molar-refractivity contribution is 7.16. The van der Waals surface area contributed by atoms with Gasteiger partial charge < -0.3 is 24.5 Å². The summed E-state index contributed by atoms with van der Waals surface area (Å²) in [7, 11) is 0. The number of aromatic nitrogens is 1. The van der Waals surface area contributed by atoms with Crippen LogP contribution >= 0.6 is 11.3 Å². The maximum absolute atomic E-state index is 13.0. The lowest BCUT2D eigenvalue weighted by atomic mass is 9.89. The molecule has 0 spiro atoms. The van der Waals surface area contributed by atoms with Gasteiger partial charge in [-0.2, -0.15) is 0 Å². The lowest BCUT2D eigenvalue weighted by Crippen LogP contribution is -2.19. The molecule has 1 amide bonds. The minimum Gasteiger partial charge on any atom is -0.459 e. The van der Waals surface area contributed by atoms with Crippen molar-refractivity contribution in [3.63, 3.8) is 0 Å². The SMILES string of the molecule is Cc1ccnc(N[C@H](c2ccc3c(c2)OCO3)c2c(NC(=O)c3ccco3)sc3c2CCCC3)c1. The number of carbonyl (C=O) groups is 1. The number of amides is 1. The molecule has 0 radical (unpaired) electrons. The van der Waals surface area contributed by atoms with E-state index < -0.39 is 0 Å². The molecule has 35 heavy (non-hydrogen) atoms. The van der Waals surface area contributed by atoms with Crippen LogP contribution in [0.1, 0.15) is 56.6 Å². The maximum atomic E-state index is 13.0. The number of aryl methyl sites for hydroxylation is 2. The third-order valence-electron chi connectivity index (χ3n) is 6.41. The second kappa shape index (κ2) is 9.11. The molecular weight excluding hydrogens is 462 g/mol. The number of benzene rings is 1. The summed E-state index contributed by atoms with van der Waals surface area (Å²) in [5.41, 5.74) is 4.51. The van der Waals surface area contributed by atoms with E-state index in [1.165, 1.54) is 16.7 Å². The Morgan fingerprint density at radius 1 is 1.09 bits per heavy atom. The number of furan rings is 1. The first-order chi connectivity index (χ1) is 17.2. The van der Waals surface area contributed by atoms with Gasteiger partial charge in [0.15, 0.2) is 17.3 Å². The zero-order valence-electron chi connectivity index (χ0n) is 19.3. The number of ether oxygens (including phenoxy) is 2. The van der Waals surface area contributed by atoms with E-state index in [9.17, 15) is 4.79 Å². The van der Waals surface area contributed by atoms with Crippen molar-refractivity contribution in [2.24, 2.45) is 0 Å². The highest BCUT2D eigenvalue weighted by Crippen LogP contribution is 2.46. The maximum Gasteiger partial charge on any atom is 0.291 e. The summed E-state index contributed by atoms with van der Waals surface area (Å²) < 4.78 is 16.6. The molecule has 8 heteroatoms. The minimum absolute atomic E-state index is 0.217. The Bertz CT molecular complexity index is 1380. The van der Waals surface area contributed by atoms with Crippen molar-refractivity contribution in [3.05, 3.63) is 87.8 Å². The summed E-state index contributed by atoms with van der Waals surface area (Å²) in [6.07, 6.45) is 7.58. The van der Waals surface area contributed by atoms with Crippen LogP contribution in [0.3, 0.4) is 0 Å². The summed E-state index contributed by atoms with van der Waals surface area (Å²) in [4.78, 5) is 18.9.